The average Bonchev–Trinajstić information content (AvgIpc) is 2.49. The number of rotatable bonds is 6. The van der Waals surface area contributed by atoms with E-state index < -0.39 is 0 Å². The van der Waals surface area contributed by atoms with Crippen LogP contribution in [0, 0.1) is 0 Å². The molecule has 0 bridgehead atoms. The van der Waals surface area contributed by atoms with Gasteiger partial charge in [0.15, 0.2) is 0 Å². The molecule has 2 aliphatic rings. The van der Waals surface area contributed by atoms with Crippen LogP contribution in [0.15, 0.2) is 11.8 Å². The quantitative estimate of drug-likeness (QED) is 0.665. The Morgan fingerprint density at radius 3 is 1.61 bits per heavy atom. The molecule has 2 saturated heterocycles. The molecule has 0 aromatic rings. The molecule has 2 aliphatic heterocycles. The molecule has 0 aromatic carbocycles. The van der Waals surface area contributed by atoms with Crippen LogP contribution in [-0.4, -0.2) is 51.7 Å². The van der Waals surface area contributed by atoms with Crippen molar-refractivity contribution in [2.24, 2.45) is 0 Å². The summed E-state index contributed by atoms with van der Waals surface area (Å²) in [4.78, 5) is 5.69. The van der Waals surface area contributed by atoms with Crippen LogP contribution in [0.4, 0.5) is 0 Å². The third-order valence-electron chi connectivity index (χ3n) is 5.59. The smallest absolute Gasteiger partial charge is 0.0657 e. The minimum atomic E-state index is 0.0796. The molecule has 2 fully saturated rings. The summed E-state index contributed by atoms with van der Waals surface area (Å²) >= 11 is 0. The van der Waals surface area contributed by atoms with E-state index in [-0.39, 0.29) is 9.52 Å². The van der Waals surface area contributed by atoms with E-state index in [0.717, 1.165) is 0 Å². The van der Waals surface area contributed by atoms with E-state index in [4.69, 9.17) is 0 Å². The monoisotopic (exact) mass is 336 g/mol. The van der Waals surface area contributed by atoms with E-state index in [9.17, 15) is 0 Å². The fraction of sp³-hybridized carbons (Fsp3) is 0.900. The highest BCUT2D eigenvalue weighted by atomic mass is 28.2. The maximum Gasteiger partial charge on any atom is 0.0657 e. The molecule has 0 atom stereocenters. The molecule has 3 heteroatoms. The number of hydrogen-bond donors (Lipinski definition) is 0. The van der Waals surface area contributed by atoms with E-state index >= 15 is 0 Å². The summed E-state index contributed by atoms with van der Waals surface area (Å²) < 4.78 is 0. The van der Waals surface area contributed by atoms with E-state index in [0.29, 0.717) is 6.17 Å². The van der Waals surface area contributed by atoms with Crippen molar-refractivity contribution in [2.45, 2.75) is 89.8 Å². The fourth-order valence-electron chi connectivity index (χ4n) is 4.17. The molecule has 23 heavy (non-hydrogen) atoms. The first kappa shape index (κ1) is 19.2. The minimum Gasteiger partial charge on any atom is -0.288 e. The van der Waals surface area contributed by atoms with Crippen LogP contribution in [0.5, 0.6) is 0 Å². The average molecular weight is 337 g/mol. The van der Waals surface area contributed by atoms with Gasteiger partial charge in [-0.1, -0.05) is 57.6 Å². The molecular formula is C20H40N2Si. The van der Waals surface area contributed by atoms with Crippen LogP contribution >= 0.6 is 0 Å². The molecule has 0 aliphatic carbocycles. The Hall–Kier alpha value is -0.123. The van der Waals surface area contributed by atoms with Crippen molar-refractivity contribution in [1.29, 1.82) is 0 Å². The van der Waals surface area contributed by atoms with E-state index in [1.807, 2.05) is 0 Å². The van der Waals surface area contributed by atoms with Gasteiger partial charge < -0.3 is 0 Å². The molecule has 2 rings (SSSR count). The lowest BCUT2D eigenvalue weighted by atomic mass is 10.0. The summed E-state index contributed by atoms with van der Waals surface area (Å²) in [5.41, 5.74) is 2.56. The largest absolute Gasteiger partial charge is 0.288 e. The zero-order chi connectivity index (χ0) is 16.2. The van der Waals surface area contributed by atoms with Gasteiger partial charge in [0.2, 0.25) is 0 Å². The Labute approximate surface area is 147 Å². The van der Waals surface area contributed by atoms with Crippen molar-refractivity contribution >= 4 is 9.52 Å². The third-order valence-corrected chi connectivity index (χ3v) is 6.84. The lowest BCUT2D eigenvalue weighted by molar-refractivity contribution is 0.0326. The van der Waals surface area contributed by atoms with Gasteiger partial charge >= 0.3 is 0 Å². The van der Waals surface area contributed by atoms with Gasteiger partial charge in [0.05, 0.1) is 6.17 Å². The third kappa shape index (κ3) is 7.53. The van der Waals surface area contributed by atoms with Gasteiger partial charge in [-0.05, 0) is 58.3 Å². The lowest BCUT2D eigenvalue weighted by Crippen LogP contribution is -2.50. The van der Waals surface area contributed by atoms with Crippen molar-refractivity contribution in [3.05, 3.63) is 11.8 Å². The Morgan fingerprint density at radius 1 is 0.739 bits per heavy atom. The number of likely N-dealkylation sites (tertiary alicyclic amines) is 2. The predicted octanol–water partition coefficient (Wildman–Crippen LogP) is 4.36. The Morgan fingerprint density at radius 2 is 1.17 bits per heavy atom. The lowest BCUT2D eigenvalue weighted by Gasteiger charge is -2.41. The van der Waals surface area contributed by atoms with Gasteiger partial charge in [-0.25, -0.2) is 0 Å². The van der Waals surface area contributed by atoms with Gasteiger partial charge in [0.1, 0.15) is 0 Å². The van der Waals surface area contributed by atoms with Gasteiger partial charge in [0.25, 0.3) is 0 Å². The highest BCUT2D eigenvalue weighted by Gasteiger charge is 2.24. The molecule has 0 spiro atoms. The first-order valence-electron chi connectivity index (χ1n) is 10.5. The van der Waals surface area contributed by atoms with Crippen molar-refractivity contribution in [3.8, 4) is 0 Å². The molecule has 2 nitrogen and oxygen atoms in total. The highest BCUT2D eigenvalue weighted by molar-refractivity contribution is 6.41. The van der Waals surface area contributed by atoms with Crippen molar-refractivity contribution in [2.75, 3.05) is 26.2 Å². The van der Waals surface area contributed by atoms with Crippen LogP contribution in [-0.2, 0) is 0 Å². The van der Waals surface area contributed by atoms with E-state index in [1.165, 1.54) is 103 Å². The molecule has 0 N–H and O–H groups in total. The molecule has 0 saturated carbocycles. The van der Waals surface area contributed by atoms with Gasteiger partial charge in [0, 0.05) is 9.52 Å². The molecule has 0 radical (unpaired) electrons. The Bertz CT molecular complexity index is 281. The first-order chi connectivity index (χ1) is 11.4. The standard InChI is InChI=1S/C20H40N2Si/c1-2-23-19-13-14-20(21-15-9-5-3-6-10-16-21)22-17-11-7-4-8-12-18-22/h13,19-20H,2-12,14-18,23H2,1H3. The van der Waals surface area contributed by atoms with Gasteiger partial charge in [-0.3, -0.25) is 9.80 Å². The SMILES string of the molecule is CC[SiH2]C=CCC(N1CCCCCCC1)N1CCCCCCC1. The van der Waals surface area contributed by atoms with Crippen LogP contribution in [0.2, 0.25) is 6.04 Å². The second kappa shape index (κ2) is 12.3. The zero-order valence-electron chi connectivity index (χ0n) is 15.6. The number of hydrogen-bond acceptors (Lipinski definition) is 2. The summed E-state index contributed by atoms with van der Waals surface area (Å²) in [7, 11) is 0.0796. The Kier molecular flexibility index (Phi) is 10.2. The highest BCUT2D eigenvalue weighted by Crippen LogP contribution is 2.21. The predicted molar refractivity (Wildman–Crippen MR) is 106 cm³/mol. The topological polar surface area (TPSA) is 6.48 Å². The first-order valence-corrected chi connectivity index (χ1v) is 12.4. The van der Waals surface area contributed by atoms with Crippen molar-refractivity contribution in [1.82, 2.24) is 9.80 Å². The minimum absolute atomic E-state index is 0.0796. The Balaban J connectivity index is 1.98. The maximum atomic E-state index is 2.85. The zero-order valence-corrected chi connectivity index (χ0v) is 17.1. The van der Waals surface area contributed by atoms with Crippen LogP contribution in [0.1, 0.15) is 77.6 Å². The summed E-state index contributed by atoms with van der Waals surface area (Å²) in [5.74, 6) is 0. The second-order valence-corrected chi connectivity index (χ2v) is 9.63. The summed E-state index contributed by atoms with van der Waals surface area (Å²) in [6.45, 7) is 7.67. The summed E-state index contributed by atoms with van der Waals surface area (Å²) in [5, 5.41) is 0. The molecule has 0 aromatic heterocycles. The van der Waals surface area contributed by atoms with Crippen molar-refractivity contribution < 1.29 is 0 Å². The van der Waals surface area contributed by atoms with Gasteiger partial charge in [-0.15, -0.1) is 5.70 Å². The molecule has 134 valence electrons. The number of nitrogens with zero attached hydrogens (tertiary/aromatic N) is 2. The van der Waals surface area contributed by atoms with Crippen molar-refractivity contribution in [3.63, 3.8) is 0 Å². The summed E-state index contributed by atoms with van der Waals surface area (Å²) in [6, 6.07) is 1.41. The van der Waals surface area contributed by atoms with Gasteiger partial charge in [-0.2, -0.15) is 0 Å². The van der Waals surface area contributed by atoms with E-state index in [2.05, 4.69) is 28.5 Å². The molecule has 2 heterocycles. The maximum absolute atomic E-state index is 2.85. The van der Waals surface area contributed by atoms with Crippen LogP contribution in [0.3, 0.4) is 0 Å². The van der Waals surface area contributed by atoms with Crippen LogP contribution in [0.25, 0.3) is 0 Å². The van der Waals surface area contributed by atoms with E-state index in [1.54, 1.807) is 0 Å². The fourth-order valence-corrected chi connectivity index (χ4v) is 4.93. The molecule has 0 amide bonds. The second-order valence-electron chi connectivity index (χ2n) is 7.58. The summed E-state index contributed by atoms with van der Waals surface area (Å²) in [6.07, 6.45) is 18.9. The van der Waals surface area contributed by atoms with Crippen LogP contribution < -0.4 is 0 Å². The normalized spacial score (nSPS) is 24.1. The molecule has 0 unspecified atom stereocenters. The molecular weight excluding hydrogens is 296 g/mol.